The van der Waals surface area contributed by atoms with Crippen molar-refractivity contribution in [1.29, 1.82) is 0 Å². The van der Waals surface area contributed by atoms with Gasteiger partial charge in [0.15, 0.2) is 5.82 Å². The number of amides is 2. The van der Waals surface area contributed by atoms with E-state index in [1.54, 1.807) is 0 Å². The normalized spacial score (nSPS) is 17.1. The Hall–Kier alpha value is -2.07. The van der Waals surface area contributed by atoms with E-state index in [2.05, 4.69) is 15.5 Å². The number of fused-ring (bicyclic) bond motifs is 1. The molecular formula is C19H26N6O2S2. The molecule has 2 amide bonds. The zero-order chi connectivity index (χ0) is 20.4. The van der Waals surface area contributed by atoms with Gasteiger partial charge in [0.1, 0.15) is 5.00 Å². The molecule has 0 saturated heterocycles. The summed E-state index contributed by atoms with van der Waals surface area (Å²) in [5.74, 6) is 6.78. The van der Waals surface area contributed by atoms with Gasteiger partial charge in [-0.25, -0.2) is 4.68 Å². The molecule has 0 aromatic carbocycles. The number of nitrogens with zero attached hydrogens (tertiary/aromatic N) is 3. The molecule has 156 valence electrons. The molecule has 0 atom stereocenters. The minimum absolute atomic E-state index is 0.140. The molecule has 29 heavy (non-hydrogen) atoms. The average Bonchev–Trinajstić information content (AvgIpc) is 3.27. The van der Waals surface area contributed by atoms with Crippen molar-refractivity contribution in [1.82, 2.24) is 14.9 Å². The van der Waals surface area contributed by atoms with Gasteiger partial charge in [0, 0.05) is 10.8 Å². The van der Waals surface area contributed by atoms with E-state index in [0.29, 0.717) is 21.6 Å². The van der Waals surface area contributed by atoms with Gasteiger partial charge >= 0.3 is 0 Å². The number of hydrogen-bond donors (Lipinski definition) is 3. The Kier molecular flexibility index (Phi) is 6.09. The third kappa shape index (κ3) is 4.28. The van der Waals surface area contributed by atoms with Gasteiger partial charge in [0.25, 0.3) is 5.91 Å². The van der Waals surface area contributed by atoms with E-state index in [9.17, 15) is 9.59 Å². The molecule has 2 aliphatic rings. The van der Waals surface area contributed by atoms with E-state index in [0.717, 1.165) is 54.8 Å². The van der Waals surface area contributed by atoms with Gasteiger partial charge in [-0.15, -0.1) is 21.5 Å². The smallest absolute Gasteiger partial charge is 0.251 e. The molecule has 10 heteroatoms. The molecule has 2 aromatic heterocycles. The lowest BCUT2D eigenvalue weighted by atomic mass is 9.89. The van der Waals surface area contributed by atoms with E-state index >= 15 is 0 Å². The fourth-order valence-electron chi connectivity index (χ4n) is 4.23. The molecule has 5 N–H and O–H groups in total. The van der Waals surface area contributed by atoms with Crippen molar-refractivity contribution in [3.05, 3.63) is 21.8 Å². The van der Waals surface area contributed by atoms with Gasteiger partial charge in [-0.05, 0) is 44.1 Å². The summed E-state index contributed by atoms with van der Waals surface area (Å²) in [7, 11) is 0. The number of carbonyl (C=O) groups is 2. The van der Waals surface area contributed by atoms with Crippen molar-refractivity contribution in [3.63, 3.8) is 0 Å². The highest BCUT2D eigenvalue weighted by Crippen LogP contribution is 2.38. The van der Waals surface area contributed by atoms with E-state index in [4.69, 9.17) is 11.6 Å². The Morgan fingerprint density at radius 2 is 1.90 bits per heavy atom. The Morgan fingerprint density at radius 3 is 2.66 bits per heavy atom. The van der Waals surface area contributed by atoms with E-state index in [1.165, 1.54) is 47.0 Å². The zero-order valence-electron chi connectivity index (χ0n) is 16.3. The first-order chi connectivity index (χ1) is 14.0. The number of nitrogens with one attached hydrogen (secondary N) is 1. The summed E-state index contributed by atoms with van der Waals surface area (Å²) < 4.78 is 1.52. The van der Waals surface area contributed by atoms with Crippen LogP contribution >= 0.6 is 23.1 Å². The van der Waals surface area contributed by atoms with Crippen LogP contribution in [0.1, 0.15) is 77.5 Å². The average molecular weight is 435 g/mol. The van der Waals surface area contributed by atoms with Crippen LogP contribution < -0.4 is 16.9 Å². The molecule has 1 saturated carbocycles. The topological polar surface area (TPSA) is 129 Å². The van der Waals surface area contributed by atoms with Crippen molar-refractivity contribution in [2.75, 3.05) is 16.9 Å². The van der Waals surface area contributed by atoms with Gasteiger partial charge in [-0.2, -0.15) is 0 Å². The first-order valence-corrected chi connectivity index (χ1v) is 11.9. The Morgan fingerprint density at radius 1 is 1.14 bits per heavy atom. The number of thiophene rings is 1. The lowest BCUT2D eigenvalue weighted by Gasteiger charge is -2.20. The van der Waals surface area contributed by atoms with Gasteiger partial charge < -0.3 is 16.9 Å². The molecule has 0 bridgehead atoms. The molecule has 8 nitrogen and oxygen atoms in total. The predicted molar refractivity (Wildman–Crippen MR) is 115 cm³/mol. The molecule has 4 rings (SSSR count). The summed E-state index contributed by atoms with van der Waals surface area (Å²) in [5.41, 5.74) is 7.08. The highest BCUT2D eigenvalue weighted by molar-refractivity contribution is 7.99. The highest BCUT2D eigenvalue weighted by Gasteiger charge is 2.26. The van der Waals surface area contributed by atoms with Crippen LogP contribution in [0.4, 0.5) is 5.00 Å². The maximum atomic E-state index is 12.5. The summed E-state index contributed by atoms with van der Waals surface area (Å²) >= 11 is 2.72. The Bertz CT molecular complexity index is 916. The zero-order valence-corrected chi connectivity index (χ0v) is 17.9. The molecule has 2 heterocycles. The second kappa shape index (κ2) is 8.74. The van der Waals surface area contributed by atoms with Crippen molar-refractivity contribution in [2.45, 2.75) is 68.9 Å². The SMILES string of the molecule is NC(=O)c1c(NC(=O)CSc2nnc(C3CCCCC3)n2N)sc2c1CCCC2. The third-order valence-corrected chi connectivity index (χ3v) is 7.81. The van der Waals surface area contributed by atoms with Crippen LogP contribution in [-0.2, 0) is 17.6 Å². The molecule has 0 radical (unpaired) electrons. The van der Waals surface area contributed by atoms with Crippen molar-refractivity contribution in [2.24, 2.45) is 5.73 Å². The Labute approximate surface area is 177 Å². The van der Waals surface area contributed by atoms with Crippen LogP contribution in [0.15, 0.2) is 5.16 Å². The van der Waals surface area contributed by atoms with E-state index in [-0.39, 0.29) is 11.7 Å². The van der Waals surface area contributed by atoms with Crippen molar-refractivity contribution < 1.29 is 9.59 Å². The molecule has 0 unspecified atom stereocenters. The molecule has 1 fully saturated rings. The second-order valence-corrected chi connectivity index (χ2v) is 9.71. The summed E-state index contributed by atoms with van der Waals surface area (Å²) in [4.78, 5) is 25.6. The monoisotopic (exact) mass is 434 g/mol. The first kappa shape index (κ1) is 20.2. The van der Waals surface area contributed by atoms with Gasteiger partial charge in [-0.1, -0.05) is 31.0 Å². The minimum Gasteiger partial charge on any atom is -0.365 e. The Balaban J connectivity index is 1.40. The standard InChI is InChI=1S/C19H26N6O2S2/c20-16(27)15-12-8-4-5-9-13(12)29-18(15)22-14(26)10-28-19-24-23-17(25(19)21)11-6-2-1-3-7-11/h11H,1-10,21H2,(H2,20,27)(H,22,26). The first-order valence-electron chi connectivity index (χ1n) is 10.1. The van der Waals surface area contributed by atoms with Crippen molar-refractivity contribution in [3.8, 4) is 0 Å². The lowest BCUT2D eigenvalue weighted by Crippen LogP contribution is -2.21. The van der Waals surface area contributed by atoms with Gasteiger partial charge in [0.05, 0.1) is 11.3 Å². The number of hydrogen-bond acceptors (Lipinski definition) is 7. The summed E-state index contributed by atoms with van der Waals surface area (Å²) in [6, 6.07) is 0. The number of anilines is 1. The highest BCUT2D eigenvalue weighted by atomic mass is 32.2. The molecule has 0 spiro atoms. The molecular weight excluding hydrogens is 408 g/mol. The number of rotatable bonds is 6. The number of aryl methyl sites for hydroxylation is 1. The van der Waals surface area contributed by atoms with Crippen LogP contribution in [0.2, 0.25) is 0 Å². The summed E-state index contributed by atoms with van der Waals surface area (Å²) in [6.45, 7) is 0. The maximum absolute atomic E-state index is 12.5. The fourth-order valence-corrected chi connectivity index (χ4v) is 6.21. The fraction of sp³-hybridized carbons (Fsp3) is 0.579. The number of nitrogen functional groups attached to an aromatic ring is 1. The van der Waals surface area contributed by atoms with Gasteiger partial charge in [0.2, 0.25) is 11.1 Å². The number of carbonyl (C=O) groups excluding carboxylic acids is 2. The number of thioether (sulfide) groups is 1. The van der Waals surface area contributed by atoms with Gasteiger partial charge in [-0.3, -0.25) is 9.59 Å². The van der Waals surface area contributed by atoms with Crippen LogP contribution in [0.25, 0.3) is 0 Å². The van der Waals surface area contributed by atoms with Crippen LogP contribution in [-0.4, -0.2) is 32.4 Å². The van der Waals surface area contributed by atoms with Crippen molar-refractivity contribution >= 4 is 39.9 Å². The predicted octanol–water partition coefficient (Wildman–Crippen LogP) is 2.81. The van der Waals surface area contributed by atoms with E-state index < -0.39 is 5.91 Å². The third-order valence-electron chi connectivity index (χ3n) is 5.66. The molecule has 2 aromatic rings. The largest absolute Gasteiger partial charge is 0.365 e. The number of primary amides is 1. The number of aromatic nitrogens is 3. The number of nitrogens with two attached hydrogens (primary N) is 2. The second-order valence-electron chi connectivity index (χ2n) is 7.66. The van der Waals surface area contributed by atoms with Crippen LogP contribution in [0, 0.1) is 0 Å². The quantitative estimate of drug-likeness (QED) is 0.474. The molecule has 2 aliphatic carbocycles. The lowest BCUT2D eigenvalue weighted by molar-refractivity contribution is -0.113. The summed E-state index contributed by atoms with van der Waals surface area (Å²) in [6.07, 6.45) is 9.73. The summed E-state index contributed by atoms with van der Waals surface area (Å²) in [5, 5.41) is 12.4. The van der Waals surface area contributed by atoms with Crippen LogP contribution in [0.3, 0.4) is 0 Å². The maximum Gasteiger partial charge on any atom is 0.251 e. The van der Waals surface area contributed by atoms with E-state index in [1.807, 2.05) is 0 Å². The van der Waals surface area contributed by atoms with Crippen LogP contribution in [0.5, 0.6) is 0 Å². The minimum atomic E-state index is -0.480. The molecule has 0 aliphatic heterocycles.